The molecule has 1 N–H and O–H groups in total. The van der Waals surface area contributed by atoms with Crippen LogP contribution in [0.4, 0.5) is 10.1 Å². The van der Waals surface area contributed by atoms with Crippen molar-refractivity contribution in [2.75, 3.05) is 0 Å². The fraction of sp³-hybridized carbons (Fsp3) is 0.100. The highest BCUT2D eigenvalue weighted by Crippen LogP contribution is 2.23. The monoisotopic (exact) mass is 225 g/mol. The van der Waals surface area contributed by atoms with Crippen LogP contribution in [0.3, 0.4) is 0 Å². The van der Waals surface area contributed by atoms with Crippen LogP contribution in [-0.2, 0) is 4.79 Å². The molecule has 0 aromatic heterocycles. The van der Waals surface area contributed by atoms with Crippen LogP contribution in [0.5, 0.6) is 0 Å². The summed E-state index contributed by atoms with van der Waals surface area (Å²) in [6.07, 6.45) is 1.83. The van der Waals surface area contributed by atoms with Gasteiger partial charge in [0, 0.05) is 6.08 Å². The first-order valence-electron chi connectivity index (χ1n) is 4.27. The number of halogens is 1. The minimum absolute atomic E-state index is 0.0614. The molecule has 0 heterocycles. The Morgan fingerprint density at radius 2 is 2.19 bits per heavy atom. The van der Waals surface area contributed by atoms with Crippen molar-refractivity contribution in [1.29, 1.82) is 0 Å². The van der Waals surface area contributed by atoms with E-state index in [1.807, 2.05) is 0 Å². The highest BCUT2D eigenvalue weighted by atomic mass is 19.1. The highest BCUT2D eigenvalue weighted by molar-refractivity contribution is 5.86. The van der Waals surface area contributed by atoms with Crippen LogP contribution in [-0.4, -0.2) is 16.0 Å². The predicted molar refractivity (Wildman–Crippen MR) is 54.5 cm³/mol. The van der Waals surface area contributed by atoms with Gasteiger partial charge in [0.1, 0.15) is 5.82 Å². The van der Waals surface area contributed by atoms with Crippen molar-refractivity contribution in [2.45, 2.75) is 6.92 Å². The molecule has 0 atom stereocenters. The smallest absolute Gasteiger partial charge is 0.328 e. The van der Waals surface area contributed by atoms with Gasteiger partial charge in [-0.3, -0.25) is 10.1 Å². The molecule has 5 nitrogen and oxygen atoms in total. The first kappa shape index (κ1) is 11.8. The minimum Gasteiger partial charge on any atom is -0.478 e. The summed E-state index contributed by atoms with van der Waals surface area (Å²) in [7, 11) is 0. The quantitative estimate of drug-likeness (QED) is 0.485. The Morgan fingerprint density at radius 1 is 1.56 bits per heavy atom. The van der Waals surface area contributed by atoms with Crippen molar-refractivity contribution >= 4 is 17.7 Å². The predicted octanol–water partition coefficient (Wildman–Crippen LogP) is 2.14. The molecule has 0 unspecified atom stereocenters. The van der Waals surface area contributed by atoms with E-state index in [-0.39, 0.29) is 11.1 Å². The molecule has 0 radical (unpaired) electrons. The van der Waals surface area contributed by atoms with Crippen molar-refractivity contribution in [3.05, 3.63) is 45.3 Å². The van der Waals surface area contributed by atoms with E-state index in [4.69, 9.17) is 5.11 Å². The average Bonchev–Trinajstić information content (AvgIpc) is 2.18. The topological polar surface area (TPSA) is 80.4 Å². The molecular formula is C10H8FNO4. The third-order valence-corrected chi connectivity index (χ3v) is 1.91. The van der Waals surface area contributed by atoms with Crippen molar-refractivity contribution < 1.29 is 19.2 Å². The number of aryl methyl sites for hydroxylation is 1. The maximum atomic E-state index is 13.1. The van der Waals surface area contributed by atoms with Gasteiger partial charge in [-0.1, -0.05) is 0 Å². The van der Waals surface area contributed by atoms with E-state index in [1.54, 1.807) is 0 Å². The van der Waals surface area contributed by atoms with Crippen LogP contribution in [0.15, 0.2) is 18.2 Å². The second kappa shape index (κ2) is 4.52. The van der Waals surface area contributed by atoms with E-state index in [0.717, 1.165) is 18.2 Å². The summed E-state index contributed by atoms with van der Waals surface area (Å²) in [4.78, 5) is 20.1. The summed E-state index contributed by atoms with van der Waals surface area (Å²) >= 11 is 0. The van der Waals surface area contributed by atoms with E-state index in [1.165, 1.54) is 13.0 Å². The zero-order valence-electron chi connectivity index (χ0n) is 8.31. The van der Waals surface area contributed by atoms with Gasteiger partial charge in [0.25, 0.3) is 5.69 Å². The molecule has 0 spiro atoms. The molecule has 0 amide bonds. The Morgan fingerprint density at radius 3 is 2.69 bits per heavy atom. The van der Waals surface area contributed by atoms with Gasteiger partial charge in [-0.2, -0.15) is 0 Å². The Balaban J connectivity index is 3.30. The van der Waals surface area contributed by atoms with Crippen molar-refractivity contribution in [2.24, 2.45) is 0 Å². The normalized spacial score (nSPS) is 10.6. The Bertz CT molecular complexity index is 482. The van der Waals surface area contributed by atoms with Crippen LogP contribution < -0.4 is 0 Å². The lowest BCUT2D eigenvalue weighted by Gasteiger charge is -2.00. The average molecular weight is 225 g/mol. The molecule has 1 rings (SSSR count). The van der Waals surface area contributed by atoms with Gasteiger partial charge in [-0.05, 0) is 24.6 Å². The van der Waals surface area contributed by atoms with Crippen molar-refractivity contribution in [3.8, 4) is 0 Å². The number of rotatable bonds is 3. The number of nitro benzene ring substituents is 1. The highest BCUT2D eigenvalue weighted by Gasteiger charge is 2.15. The van der Waals surface area contributed by atoms with E-state index < -0.39 is 22.4 Å². The number of benzene rings is 1. The summed E-state index contributed by atoms with van der Waals surface area (Å²) in [5.74, 6) is -1.92. The molecule has 6 heteroatoms. The van der Waals surface area contributed by atoms with Crippen LogP contribution >= 0.6 is 0 Å². The lowest BCUT2D eigenvalue weighted by atomic mass is 10.1. The van der Waals surface area contributed by atoms with Crippen LogP contribution in [0.1, 0.15) is 11.1 Å². The standard InChI is InChI=1S/C10H8FNO4/c1-6-4-7(2-3-10(13)14)9(12(15)16)5-8(6)11/h2-5H,1H3,(H,13,14)/b3-2+. The summed E-state index contributed by atoms with van der Waals surface area (Å²) in [6.45, 7) is 1.44. The first-order valence-corrected chi connectivity index (χ1v) is 4.27. The van der Waals surface area contributed by atoms with Crippen molar-refractivity contribution in [1.82, 2.24) is 0 Å². The molecule has 16 heavy (non-hydrogen) atoms. The van der Waals surface area contributed by atoms with Gasteiger partial charge in [0.05, 0.1) is 16.6 Å². The molecule has 0 aliphatic rings. The van der Waals surface area contributed by atoms with Crippen molar-refractivity contribution in [3.63, 3.8) is 0 Å². The molecule has 0 aliphatic carbocycles. The molecule has 0 fully saturated rings. The van der Waals surface area contributed by atoms with E-state index in [2.05, 4.69) is 0 Å². The maximum absolute atomic E-state index is 13.1. The maximum Gasteiger partial charge on any atom is 0.328 e. The Kier molecular flexibility index (Phi) is 3.34. The summed E-state index contributed by atoms with van der Waals surface area (Å²) in [5.41, 5.74) is -0.178. The number of carboxylic acids is 1. The lowest BCUT2D eigenvalue weighted by Crippen LogP contribution is -1.95. The molecule has 0 saturated carbocycles. The Labute approximate surface area is 90.0 Å². The van der Waals surface area contributed by atoms with Gasteiger partial charge in [0.15, 0.2) is 0 Å². The zero-order valence-corrected chi connectivity index (χ0v) is 8.31. The summed E-state index contributed by atoms with van der Waals surface area (Å²) < 4.78 is 13.1. The van der Waals surface area contributed by atoms with Gasteiger partial charge in [0.2, 0.25) is 0 Å². The summed E-state index contributed by atoms with van der Waals surface area (Å²) in [5, 5.41) is 19.0. The second-order valence-corrected chi connectivity index (χ2v) is 3.09. The SMILES string of the molecule is Cc1cc(/C=C/C(=O)O)c([N+](=O)[O-])cc1F. The van der Waals surface area contributed by atoms with Crippen LogP contribution in [0.2, 0.25) is 0 Å². The molecule has 0 aliphatic heterocycles. The first-order chi connectivity index (χ1) is 7.41. The number of hydrogen-bond acceptors (Lipinski definition) is 3. The number of hydrogen-bond donors (Lipinski definition) is 1. The summed E-state index contributed by atoms with van der Waals surface area (Å²) in [6, 6.07) is 2.00. The second-order valence-electron chi connectivity index (χ2n) is 3.09. The molecule has 1 aromatic rings. The molecule has 0 bridgehead atoms. The number of aliphatic carboxylic acids is 1. The lowest BCUT2D eigenvalue weighted by molar-refractivity contribution is -0.385. The Hall–Kier alpha value is -2.24. The third kappa shape index (κ3) is 2.63. The fourth-order valence-corrected chi connectivity index (χ4v) is 1.15. The van der Waals surface area contributed by atoms with Crippen LogP contribution in [0, 0.1) is 22.9 Å². The molecule has 0 saturated heterocycles. The van der Waals surface area contributed by atoms with Gasteiger partial charge < -0.3 is 5.11 Å². The molecule has 1 aromatic carbocycles. The van der Waals surface area contributed by atoms with Crippen LogP contribution in [0.25, 0.3) is 6.08 Å². The van der Waals surface area contributed by atoms with Gasteiger partial charge in [-0.25, -0.2) is 9.18 Å². The largest absolute Gasteiger partial charge is 0.478 e. The fourth-order valence-electron chi connectivity index (χ4n) is 1.15. The van der Waals surface area contributed by atoms with E-state index in [9.17, 15) is 19.3 Å². The number of carboxylic acid groups (broad SMARTS) is 1. The van der Waals surface area contributed by atoms with E-state index in [0.29, 0.717) is 0 Å². The number of nitro groups is 1. The van der Waals surface area contributed by atoms with E-state index >= 15 is 0 Å². The van der Waals surface area contributed by atoms with Gasteiger partial charge in [-0.15, -0.1) is 0 Å². The molecule has 84 valence electrons. The van der Waals surface area contributed by atoms with Gasteiger partial charge >= 0.3 is 5.97 Å². The minimum atomic E-state index is -1.23. The number of nitrogens with zero attached hydrogens (tertiary/aromatic N) is 1. The number of carbonyl (C=O) groups is 1. The molecular weight excluding hydrogens is 217 g/mol. The third-order valence-electron chi connectivity index (χ3n) is 1.91. The zero-order chi connectivity index (χ0) is 12.3.